The van der Waals surface area contributed by atoms with Crippen molar-refractivity contribution in [3.8, 4) is 0 Å². The van der Waals surface area contributed by atoms with Crippen molar-refractivity contribution in [1.82, 2.24) is 0 Å². The van der Waals surface area contributed by atoms with Crippen LogP contribution in [-0.4, -0.2) is 7.85 Å². The van der Waals surface area contributed by atoms with E-state index in [1.165, 1.54) is 12.1 Å². The van der Waals surface area contributed by atoms with Crippen LogP contribution in [0.2, 0.25) is 0 Å². The predicted octanol–water partition coefficient (Wildman–Crippen LogP) is 0.223. The molecule has 3 heteroatoms. The van der Waals surface area contributed by atoms with E-state index in [0.29, 0.717) is 5.46 Å². The van der Waals surface area contributed by atoms with E-state index >= 15 is 0 Å². The van der Waals surface area contributed by atoms with Gasteiger partial charge in [0.1, 0.15) is 19.5 Å². The monoisotopic (exact) mass is 126 g/mol. The Morgan fingerprint density at radius 3 is 1.78 bits per heavy atom. The van der Waals surface area contributed by atoms with E-state index in [-0.39, 0.29) is 0 Å². The molecule has 0 atom stereocenters. The van der Waals surface area contributed by atoms with Gasteiger partial charge in [-0.2, -0.15) is 0 Å². The molecular formula is C6H5BF2. The van der Waals surface area contributed by atoms with Gasteiger partial charge in [-0.05, 0) is 12.1 Å². The van der Waals surface area contributed by atoms with Crippen molar-refractivity contribution in [3.05, 3.63) is 29.8 Å². The highest BCUT2D eigenvalue weighted by Crippen LogP contribution is 1.97. The first-order valence-electron chi connectivity index (χ1n) is 2.61. The summed E-state index contributed by atoms with van der Waals surface area (Å²) in [6.07, 6.45) is 0. The third kappa shape index (κ3) is 1.52. The molecule has 0 saturated heterocycles. The fourth-order valence-electron chi connectivity index (χ4n) is 0.692. The van der Waals surface area contributed by atoms with Crippen LogP contribution in [-0.2, 0) is 0 Å². The summed E-state index contributed by atoms with van der Waals surface area (Å²) in [5.74, 6) is -1.04. The lowest BCUT2D eigenvalue weighted by atomic mass is 9.96. The molecule has 0 aliphatic rings. The second-order valence-corrected chi connectivity index (χ2v) is 1.95. The average molecular weight is 126 g/mol. The smallest absolute Gasteiger partial charge is 0.139 e. The van der Waals surface area contributed by atoms with Crippen molar-refractivity contribution in [2.75, 3.05) is 0 Å². The average Bonchev–Trinajstić information content (AvgIpc) is 1.59. The number of rotatable bonds is 0. The number of hydrogen-bond donors (Lipinski definition) is 0. The van der Waals surface area contributed by atoms with Crippen molar-refractivity contribution < 1.29 is 8.78 Å². The molecule has 0 nitrogen and oxygen atoms in total. The van der Waals surface area contributed by atoms with Gasteiger partial charge in [0.05, 0.1) is 0 Å². The standard InChI is InChI=1S/C6H5BF2/c7-4-1-5(8)3-6(9)2-4/h1-3H,7H2. The topological polar surface area (TPSA) is 0 Å². The van der Waals surface area contributed by atoms with Crippen molar-refractivity contribution >= 4 is 13.3 Å². The maximum Gasteiger partial charge on any atom is 0.139 e. The lowest BCUT2D eigenvalue weighted by Crippen LogP contribution is -2.03. The molecule has 0 radical (unpaired) electrons. The highest BCUT2D eigenvalue weighted by Gasteiger charge is 1.93. The van der Waals surface area contributed by atoms with E-state index in [1.54, 1.807) is 7.85 Å². The van der Waals surface area contributed by atoms with Crippen LogP contribution in [0.25, 0.3) is 0 Å². The first kappa shape index (κ1) is 6.27. The molecule has 1 rings (SSSR count). The summed E-state index contributed by atoms with van der Waals surface area (Å²) in [6.45, 7) is 0. The Balaban J connectivity index is 3.17. The first-order valence-corrected chi connectivity index (χ1v) is 2.61. The van der Waals surface area contributed by atoms with E-state index in [4.69, 9.17) is 0 Å². The second kappa shape index (κ2) is 2.17. The minimum Gasteiger partial charge on any atom is -0.207 e. The van der Waals surface area contributed by atoms with Crippen LogP contribution < -0.4 is 5.46 Å². The van der Waals surface area contributed by atoms with Gasteiger partial charge < -0.3 is 0 Å². The van der Waals surface area contributed by atoms with E-state index < -0.39 is 11.6 Å². The summed E-state index contributed by atoms with van der Waals surface area (Å²) in [5, 5.41) is 0. The Labute approximate surface area is 52.9 Å². The Morgan fingerprint density at radius 2 is 1.44 bits per heavy atom. The van der Waals surface area contributed by atoms with Gasteiger partial charge in [-0.25, -0.2) is 8.78 Å². The fourth-order valence-corrected chi connectivity index (χ4v) is 0.692. The predicted molar refractivity (Wildman–Crippen MR) is 34.5 cm³/mol. The molecule has 0 N–H and O–H groups in total. The molecule has 1 aromatic rings. The van der Waals surface area contributed by atoms with Crippen molar-refractivity contribution in [1.29, 1.82) is 0 Å². The van der Waals surface area contributed by atoms with Gasteiger partial charge in [-0.15, -0.1) is 0 Å². The third-order valence-electron chi connectivity index (χ3n) is 1.01. The SMILES string of the molecule is Bc1cc(F)cc(F)c1. The zero-order valence-electron chi connectivity index (χ0n) is 4.99. The second-order valence-electron chi connectivity index (χ2n) is 1.95. The van der Waals surface area contributed by atoms with Crippen molar-refractivity contribution in [2.45, 2.75) is 0 Å². The normalized spacial score (nSPS) is 9.56. The minimum absolute atomic E-state index is 0.521. The molecule has 0 spiro atoms. The molecule has 0 aliphatic carbocycles. The molecule has 1 aromatic carbocycles. The van der Waals surface area contributed by atoms with Gasteiger partial charge in [0.15, 0.2) is 0 Å². The van der Waals surface area contributed by atoms with Crippen LogP contribution in [0.1, 0.15) is 0 Å². The summed E-state index contributed by atoms with van der Waals surface area (Å²) in [5.41, 5.74) is 0.604. The summed E-state index contributed by atoms with van der Waals surface area (Å²) < 4.78 is 24.4. The lowest BCUT2D eigenvalue weighted by Gasteiger charge is -1.91. The Bertz CT molecular complexity index is 172. The van der Waals surface area contributed by atoms with Gasteiger partial charge in [0.2, 0.25) is 0 Å². The molecule has 0 heterocycles. The van der Waals surface area contributed by atoms with Crippen LogP contribution >= 0.6 is 0 Å². The van der Waals surface area contributed by atoms with Gasteiger partial charge >= 0.3 is 0 Å². The molecule has 0 saturated carbocycles. The minimum atomic E-state index is -0.521. The van der Waals surface area contributed by atoms with Crippen LogP contribution in [0.3, 0.4) is 0 Å². The molecule has 0 aromatic heterocycles. The highest BCUT2D eigenvalue weighted by atomic mass is 19.1. The molecule has 0 aliphatic heterocycles. The molecule has 46 valence electrons. The molecule has 0 bridgehead atoms. The quantitative estimate of drug-likeness (QED) is 0.436. The van der Waals surface area contributed by atoms with E-state index in [9.17, 15) is 8.78 Å². The van der Waals surface area contributed by atoms with Gasteiger partial charge in [0.25, 0.3) is 0 Å². The van der Waals surface area contributed by atoms with E-state index in [2.05, 4.69) is 0 Å². The van der Waals surface area contributed by atoms with Gasteiger partial charge in [0, 0.05) is 6.07 Å². The maximum absolute atomic E-state index is 12.2. The summed E-state index contributed by atoms with van der Waals surface area (Å²) in [6, 6.07) is 3.42. The molecule has 0 amide bonds. The summed E-state index contributed by atoms with van der Waals surface area (Å²) in [7, 11) is 1.64. The molecule has 9 heavy (non-hydrogen) atoms. The third-order valence-corrected chi connectivity index (χ3v) is 1.01. The zero-order valence-corrected chi connectivity index (χ0v) is 4.99. The fraction of sp³-hybridized carbons (Fsp3) is 0. The van der Waals surface area contributed by atoms with E-state index in [1.807, 2.05) is 0 Å². The number of benzene rings is 1. The summed E-state index contributed by atoms with van der Waals surface area (Å²) in [4.78, 5) is 0. The van der Waals surface area contributed by atoms with Gasteiger partial charge in [-0.3, -0.25) is 0 Å². The number of halogens is 2. The number of hydrogen-bond acceptors (Lipinski definition) is 0. The van der Waals surface area contributed by atoms with Crippen molar-refractivity contribution in [3.63, 3.8) is 0 Å². The zero-order chi connectivity index (χ0) is 6.85. The van der Waals surface area contributed by atoms with Gasteiger partial charge in [-0.1, -0.05) is 5.46 Å². The maximum atomic E-state index is 12.2. The van der Waals surface area contributed by atoms with Crippen LogP contribution in [0.5, 0.6) is 0 Å². The Hall–Kier alpha value is -0.855. The Kier molecular flexibility index (Phi) is 1.51. The molecule has 0 fully saturated rings. The lowest BCUT2D eigenvalue weighted by molar-refractivity contribution is 0.585. The Morgan fingerprint density at radius 1 is 1.00 bits per heavy atom. The summed E-state index contributed by atoms with van der Waals surface area (Å²) >= 11 is 0. The van der Waals surface area contributed by atoms with E-state index in [0.717, 1.165) is 6.07 Å². The van der Waals surface area contributed by atoms with Crippen LogP contribution in [0, 0.1) is 11.6 Å². The highest BCUT2D eigenvalue weighted by molar-refractivity contribution is 6.32. The first-order chi connectivity index (χ1) is 4.18. The largest absolute Gasteiger partial charge is 0.207 e. The van der Waals surface area contributed by atoms with Crippen LogP contribution in [0.4, 0.5) is 8.78 Å². The molecular weight excluding hydrogens is 121 g/mol. The molecule has 0 unspecified atom stereocenters. The van der Waals surface area contributed by atoms with Crippen molar-refractivity contribution in [2.24, 2.45) is 0 Å². The van der Waals surface area contributed by atoms with Crippen LogP contribution in [0.15, 0.2) is 18.2 Å².